The second-order valence-corrected chi connectivity index (χ2v) is 5.63. The first-order valence-electron chi connectivity index (χ1n) is 8.80. The van der Waals surface area contributed by atoms with Gasteiger partial charge in [-0.05, 0) is 32.0 Å². The Bertz CT molecular complexity index is 515. The minimum absolute atomic E-state index is 0.250. The number of hydrogen-bond donors (Lipinski definition) is 1. The predicted octanol–water partition coefficient (Wildman–Crippen LogP) is 2.36. The van der Waals surface area contributed by atoms with Crippen molar-refractivity contribution in [1.82, 2.24) is 10.2 Å². The van der Waals surface area contributed by atoms with Gasteiger partial charge in [0, 0.05) is 13.1 Å². The van der Waals surface area contributed by atoms with Crippen molar-refractivity contribution in [2.75, 3.05) is 32.8 Å². The molecule has 0 saturated carbocycles. The van der Waals surface area contributed by atoms with Crippen LogP contribution >= 0.6 is 0 Å². The molecule has 0 saturated heterocycles. The molecule has 0 heterocycles. The largest absolute Gasteiger partial charge is 0.465 e. The molecule has 134 valence electrons. The topological polar surface area (TPSA) is 58.6 Å². The number of rotatable bonds is 10. The van der Waals surface area contributed by atoms with Crippen molar-refractivity contribution in [3.63, 3.8) is 0 Å². The van der Waals surface area contributed by atoms with Crippen LogP contribution in [0.4, 0.5) is 0 Å². The second kappa shape index (κ2) is 10.1. The van der Waals surface area contributed by atoms with Crippen molar-refractivity contribution < 1.29 is 14.3 Å². The Morgan fingerprint density at radius 3 is 2.21 bits per heavy atom. The monoisotopic (exact) mass is 334 g/mol. The van der Waals surface area contributed by atoms with Crippen LogP contribution in [0.3, 0.4) is 0 Å². The average molecular weight is 334 g/mol. The first kappa shape index (κ1) is 20.2. The Labute approximate surface area is 145 Å². The number of hydrogen-bond acceptors (Lipinski definition) is 4. The van der Waals surface area contributed by atoms with Gasteiger partial charge in [-0.15, -0.1) is 0 Å². The lowest BCUT2D eigenvalue weighted by Crippen LogP contribution is -2.52. The number of likely N-dealkylation sites (N-methyl/N-ethyl adjacent to an activating group) is 1. The minimum Gasteiger partial charge on any atom is -0.465 e. The SMILES string of the molecule is CCOC(=O)C(CC)(C(=O)NCCN(CC)CC)c1ccccc1. The lowest BCUT2D eigenvalue weighted by molar-refractivity contribution is -0.155. The third kappa shape index (κ3) is 4.57. The zero-order valence-electron chi connectivity index (χ0n) is 15.3. The number of amides is 1. The fourth-order valence-corrected chi connectivity index (χ4v) is 2.85. The van der Waals surface area contributed by atoms with E-state index in [0.717, 1.165) is 19.6 Å². The predicted molar refractivity (Wildman–Crippen MR) is 95.8 cm³/mol. The van der Waals surface area contributed by atoms with Crippen LogP contribution in [0.5, 0.6) is 0 Å². The molecule has 0 aliphatic carbocycles. The highest BCUT2D eigenvalue weighted by Gasteiger charge is 2.47. The van der Waals surface area contributed by atoms with Gasteiger partial charge in [-0.25, -0.2) is 0 Å². The molecule has 1 rings (SSSR count). The maximum Gasteiger partial charge on any atom is 0.326 e. The normalized spacial score (nSPS) is 13.4. The van der Waals surface area contributed by atoms with E-state index >= 15 is 0 Å². The van der Waals surface area contributed by atoms with Gasteiger partial charge in [-0.2, -0.15) is 0 Å². The number of carbonyl (C=O) groups excluding carboxylic acids is 2. The number of nitrogens with zero attached hydrogens (tertiary/aromatic N) is 1. The van der Waals surface area contributed by atoms with E-state index < -0.39 is 11.4 Å². The first-order chi connectivity index (χ1) is 11.6. The molecule has 1 atom stereocenters. The number of nitrogens with one attached hydrogen (secondary N) is 1. The van der Waals surface area contributed by atoms with Crippen LogP contribution in [0.2, 0.25) is 0 Å². The van der Waals surface area contributed by atoms with Gasteiger partial charge in [0.15, 0.2) is 5.41 Å². The Hall–Kier alpha value is -1.88. The smallest absolute Gasteiger partial charge is 0.326 e. The first-order valence-corrected chi connectivity index (χ1v) is 8.80. The van der Waals surface area contributed by atoms with E-state index in [0.29, 0.717) is 18.5 Å². The highest BCUT2D eigenvalue weighted by Crippen LogP contribution is 2.30. The van der Waals surface area contributed by atoms with Crippen molar-refractivity contribution >= 4 is 11.9 Å². The molecule has 0 aromatic heterocycles. The van der Waals surface area contributed by atoms with E-state index in [4.69, 9.17) is 4.74 Å². The molecule has 0 radical (unpaired) electrons. The van der Waals surface area contributed by atoms with Crippen molar-refractivity contribution in [2.24, 2.45) is 0 Å². The Kier molecular flexibility index (Phi) is 8.47. The van der Waals surface area contributed by atoms with Crippen LogP contribution in [-0.2, 0) is 19.7 Å². The highest BCUT2D eigenvalue weighted by molar-refractivity contribution is 6.08. The lowest BCUT2D eigenvalue weighted by atomic mass is 9.77. The van der Waals surface area contributed by atoms with E-state index in [-0.39, 0.29) is 12.5 Å². The zero-order chi connectivity index (χ0) is 18.0. The van der Waals surface area contributed by atoms with Crippen LogP contribution in [0.25, 0.3) is 0 Å². The third-order valence-corrected chi connectivity index (χ3v) is 4.42. The van der Waals surface area contributed by atoms with Crippen LogP contribution in [0.15, 0.2) is 30.3 Å². The highest BCUT2D eigenvalue weighted by atomic mass is 16.5. The summed E-state index contributed by atoms with van der Waals surface area (Å²) in [6, 6.07) is 9.16. The number of ether oxygens (including phenoxy) is 1. The van der Waals surface area contributed by atoms with Crippen LogP contribution in [0, 0.1) is 0 Å². The summed E-state index contributed by atoms with van der Waals surface area (Å²) in [7, 11) is 0. The molecule has 0 bridgehead atoms. The fourth-order valence-electron chi connectivity index (χ4n) is 2.85. The van der Waals surface area contributed by atoms with E-state index in [1.165, 1.54) is 0 Å². The molecule has 1 unspecified atom stereocenters. The summed E-state index contributed by atoms with van der Waals surface area (Å²) in [5.74, 6) is -0.777. The second-order valence-electron chi connectivity index (χ2n) is 5.63. The average Bonchev–Trinajstić information content (AvgIpc) is 2.61. The molecule has 0 aliphatic rings. The summed E-state index contributed by atoms with van der Waals surface area (Å²) in [5, 5.41) is 2.93. The maximum atomic E-state index is 12.9. The van der Waals surface area contributed by atoms with E-state index in [1.54, 1.807) is 6.92 Å². The minimum atomic E-state index is -1.29. The molecule has 0 aliphatic heterocycles. The standard InChI is InChI=1S/C19H30N2O3/c1-5-19(18(23)24-8-4,16-12-10-9-11-13-16)17(22)20-14-15-21(6-2)7-3/h9-13H,5-8,14-15H2,1-4H3,(H,20,22). The molecule has 1 aromatic carbocycles. The van der Waals surface area contributed by atoms with E-state index in [1.807, 2.05) is 37.3 Å². The third-order valence-electron chi connectivity index (χ3n) is 4.42. The van der Waals surface area contributed by atoms with Crippen molar-refractivity contribution in [1.29, 1.82) is 0 Å². The molecule has 1 N–H and O–H groups in total. The van der Waals surface area contributed by atoms with Gasteiger partial charge in [0.25, 0.3) is 0 Å². The quantitative estimate of drug-likeness (QED) is 0.527. The summed E-state index contributed by atoms with van der Waals surface area (Å²) < 4.78 is 5.23. The summed E-state index contributed by atoms with van der Waals surface area (Å²) in [4.78, 5) is 27.8. The molecular weight excluding hydrogens is 304 g/mol. The zero-order valence-corrected chi connectivity index (χ0v) is 15.3. The van der Waals surface area contributed by atoms with Crippen molar-refractivity contribution in [3.8, 4) is 0 Å². The lowest BCUT2D eigenvalue weighted by Gasteiger charge is -2.30. The summed E-state index contributed by atoms with van der Waals surface area (Å²) in [5.41, 5.74) is -0.619. The van der Waals surface area contributed by atoms with Crippen molar-refractivity contribution in [3.05, 3.63) is 35.9 Å². The Morgan fingerprint density at radius 1 is 1.08 bits per heavy atom. The van der Waals surface area contributed by atoms with Gasteiger partial charge in [-0.3, -0.25) is 9.59 Å². The Morgan fingerprint density at radius 2 is 1.71 bits per heavy atom. The molecule has 1 amide bonds. The van der Waals surface area contributed by atoms with Crippen LogP contribution in [-0.4, -0.2) is 49.6 Å². The van der Waals surface area contributed by atoms with Gasteiger partial charge in [0.1, 0.15) is 0 Å². The summed E-state index contributed by atoms with van der Waals surface area (Å²) in [6.07, 6.45) is 0.354. The molecule has 5 nitrogen and oxygen atoms in total. The van der Waals surface area contributed by atoms with Gasteiger partial charge >= 0.3 is 5.97 Å². The molecule has 0 fully saturated rings. The molecule has 0 spiro atoms. The van der Waals surface area contributed by atoms with Crippen LogP contribution < -0.4 is 5.32 Å². The molecule has 5 heteroatoms. The number of benzene rings is 1. The Balaban J connectivity index is 3.00. The van der Waals surface area contributed by atoms with Gasteiger partial charge < -0.3 is 15.0 Å². The van der Waals surface area contributed by atoms with Gasteiger partial charge in [0.05, 0.1) is 6.61 Å². The molecule has 1 aromatic rings. The fraction of sp³-hybridized carbons (Fsp3) is 0.579. The number of esters is 1. The van der Waals surface area contributed by atoms with Crippen molar-refractivity contribution in [2.45, 2.75) is 39.5 Å². The summed E-state index contributed by atoms with van der Waals surface area (Å²) in [6.45, 7) is 11.2. The summed E-state index contributed by atoms with van der Waals surface area (Å²) >= 11 is 0. The van der Waals surface area contributed by atoms with Crippen LogP contribution in [0.1, 0.15) is 39.7 Å². The van der Waals surface area contributed by atoms with Gasteiger partial charge in [-0.1, -0.05) is 51.1 Å². The number of carbonyl (C=O) groups is 2. The van der Waals surface area contributed by atoms with Gasteiger partial charge in [0.2, 0.25) is 5.91 Å². The van der Waals surface area contributed by atoms with E-state index in [2.05, 4.69) is 24.1 Å². The van der Waals surface area contributed by atoms with E-state index in [9.17, 15) is 9.59 Å². The molecule has 24 heavy (non-hydrogen) atoms. The molecular formula is C19H30N2O3. The maximum absolute atomic E-state index is 12.9.